The summed E-state index contributed by atoms with van der Waals surface area (Å²) < 4.78 is 0. The van der Waals surface area contributed by atoms with Crippen LogP contribution in [-0.2, 0) is 0 Å². The van der Waals surface area contributed by atoms with Gasteiger partial charge in [-0.2, -0.15) is 0 Å². The molecule has 0 bridgehead atoms. The molecule has 2 nitrogen and oxygen atoms in total. The second-order valence-corrected chi connectivity index (χ2v) is 4.79. The number of hydrogen-bond donors (Lipinski definition) is 1. The van der Waals surface area contributed by atoms with Crippen LogP contribution in [-0.4, -0.2) is 13.1 Å². The smallest absolute Gasteiger partial charge is 0.0664 e. The van der Waals surface area contributed by atoms with Gasteiger partial charge in [0.2, 0.25) is 0 Å². The molecule has 0 spiro atoms. The summed E-state index contributed by atoms with van der Waals surface area (Å²) in [5, 5.41) is 0. The highest BCUT2D eigenvalue weighted by atomic mass is 15.2. The first-order chi connectivity index (χ1) is 9.26. The second kappa shape index (κ2) is 6.39. The van der Waals surface area contributed by atoms with Crippen molar-refractivity contribution in [3.05, 3.63) is 65.7 Å². The lowest BCUT2D eigenvalue weighted by atomic mass is 10.0. The van der Waals surface area contributed by atoms with E-state index in [1.165, 1.54) is 16.8 Å². The summed E-state index contributed by atoms with van der Waals surface area (Å²) in [5.41, 5.74) is 9.81. The van der Waals surface area contributed by atoms with E-state index in [-0.39, 0.29) is 6.04 Å². The number of para-hydroxylation sites is 1. The highest BCUT2D eigenvalue weighted by Crippen LogP contribution is 2.26. The van der Waals surface area contributed by atoms with Gasteiger partial charge in [-0.3, -0.25) is 0 Å². The van der Waals surface area contributed by atoms with Crippen LogP contribution < -0.4 is 10.6 Å². The van der Waals surface area contributed by atoms with E-state index in [4.69, 9.17) is 5.73 Å². The summed E-state index contributed by atoms with van der Waals surface area (Å²) in [6.45, 7) is 5.85. The molecule has 2 aromatic rings. The molecule has 2 aromatic carbocycles. The summed E-state index contributed by atoms with van der Waals surface area (Å²) in [6.07, 6.45) is 0. The molecular weight excluding hydrogens is 232 g/mol. The Kier molecular flexibility index (Phi) is 4.58. The van der Waals surface area contributed by atoms with Crippen LogP contribution >= 0.6 is 0 Å². The van der Waals surface area contributed by atoms with Gasteiger partial charge in [0, 0.05) is 18.8 Å². The molecule has 0 saturated heterocycles. The van der Waals surface area contributed by atoms with E-state index in [0.29, 0.717) is 6.54 Å². The molecule has 0 heterocycles. The van der Waals surface area contributed by atoms with Crippen LogP contribution in [0.2, 0.25) is 0 Å². The summed E-state index contributed by atoms with van der Waals surface area (Å²) in [7, 11) is 0. The van der Waals surface area contributed by atoms with Gasteiger partial charge in [0.1, 0.15) is 0 Å². The zero-order valence-electron chi connectivity index (χ0n) is 11.7. The van der Waals surface area contributed by atoms with Crippen LogP contribution in [0.4, 0.5) is 5.69 Å². The summed E-state index contributed by atoms with van der Waals surface area (Å²) >= 11 is 0. The fraction of sp³-hybridized carbons (Fsp3) is 0.294. The zero-order chi connectivity index (χ0) is 13.7. The van der Waals surface area contributed by atoms with Crippen molar-refractivity contribution in [2.75, 3.05) is 18.0 Å². The molecule has 0 aliphatic carbocycles. The minimum Gasteiger partial charge on any atom is -0.363 e. The lowest BCUT2D eigenvalue weighted by molar-refractivity contribution is 0.643. The SMILES string of the molecule is CCN(c1ccccc1)C(CN)c1cccc(C)c1. The molecule has 100 valence electrons. The predicted octanol–water partition coefficient (Wildman–Crippen LogP) is 3.52. The Bertz CT molecular complexity index is 508. The van der Waals surface area contributed by atoms with Gasteiger partial charge in [-0.05, 0) is 31.5 Å². The number of anilines is 1. The molecule has 2 rings (SSSR count). The topological polar surface area (TPSA) is 29.3 Å². The van der Waals surface area contributed by atoms with Crippen LogP contribution in [0.3, 0.4) is 0 Å². The minimum atomic E-state index is 0.229. The number of hydrogen-bond acceptors (Lipinski definition) is 2. The Morgan fingerprint density at radius 1 is 1.05 bits per heavy atom. The lowest BCUT2D eigenvalue weighted by Crippen LogP contribution is -2.33. The van der Waals surface area contributed by atoms with Crippen molar-refractivity contribution in [1.82, 2.24) is 0 Å². The summed E-state index contributed by atoms with van der Waals surface area (Å²) in [6, 6.07) is 19.3. The second-order valence-electron chi connectivity index (χ2n) is 4.79. The highest BCUT2D eigenvalue weighted by molar-refractivity contribution is 5.49. The van der Waals surface area contributed by atoms with Gasteiger partial charge in [0.05, 0.1) is 6.04 Å². The van der Waals surface area contributed by atoms with Crippen molar-refractivity contribution in [3.63, 3.8) is 0 Å². The number of nitrogens with zero attached hydrogens (tertiary/aromatic N) is 1. The molecule has 2 heteroatoms. The van der Waals surface area contributed by atoms with E-state index in [2.05, 4.69) is 67.3 Å². The van der Waals surface area contributed by atoms with Gasteiger partial charge in [-0.15, -0.1) is 0 Å². The van der Waals surface area contributed by atoms with E-state index in [9.17, 15) is 0 Å². The largest absolute Gasteiger partial charge is 0.363 e. The molecule has 2 N–H and O–H groups in total. The number of aryl methyl sites for hydroxylation is 1. The van der Waals surface area contributed by atoms with Gasteiger partial charge < -0.3 is 10.6 Å². The van der Waals surface area contributed by atoms with E-state index in [1.807, 2.05) is 6.07 Å². The van der Waals surface area contributed by atoms with Crippen molar-refractivity contribution < 1.29 is 0 Å². The van der Waals surface area contributed by atoms with Crippen molar-refractivity contribution >= 4 is 5.69 Å². The zero-order valence-corrected chi connectivity index (χ0v) is 11.7. The lowest BCUT2D eigenvalue weighted by Gasteiger charge is -2.32. The molecule has 0 amide bonds. The first kappa shape index (κ1) is 13.6. The number of rotatable bonds is 5. The fourth-order valence-corrected chi connectivity index (χ4v) is 2.52. The van der Waals surface area contributed by atoms with E-state index < -0.39 is 0 Å². The molecule has 0 radical (unpaired) electrons. The van der Waals surface area contributed by atoms with Crippen LogP contribution in [0.5, 0.6) is 0 Å². The maximum atomic E-state index is 6.03. The number of likely N-dealkylation sites (N-methyl/N-ethyl adjacent to an activating group) is 1. The Hall–Kier alpha value is -1.80. The molecule has 1 unspecified atom stereocenters. The van der Waals surface area contributed by atoms with Crippen molar-refractivity contribution in [2.45, 2.75) is 19.9 Å². The minimum absolute atomic E-state index is 0.229. The Morgan fingerprint density at radius 3 is 2.37 bits per heavy atom. The Morgan fingerprint density at radius 2 is 1.79 bits per heavy atom. The van der Waals surface area contributed by atoms with Gasteiger partial charge in [0.15, 0.2) is 0 Å². The summed E-state index contributed by atoms with van der Waals surface area (Å²) in [4.78, 5) is 2.36. The first-order valence-corrected chi connectivity index (χ1v) is 6.84. The number of benzene rings is 2. The molecular formula is C17H22N2. The van der Waals surface area contributed by atoms with Crippen molar-refractivity contribution in [3.8, 4) is 0 Å². The van der Waals surface area contributed by atoms with Crippen LogP contribution in [0.25, 0.3) is 0 Å². The third-order valence-electron chi connectivity index (χ3n) is 3.45. The maximum Gasteiger partial charge on any atom is 0.0664 e. The van der Waals surface area contributed by atoms with Crippen LogP contribution in [0.1, 0.15) is 24.1 Å². The molecule has 19 heavy (non-hydrogen) atoms. The van der Waals surface area contributed by atoms with Crippen molar-refractivity contribution in [1.29, 1.82) is 0 Å². The molecule has 0 fully saturated rings. The monoisotopic (exact) mass is 254 g/mol. The van der Waals surface area contributed by atoms with Gasteiger partial charge >= 0.3 is 0 Å². The highest BCUT2D eigenvalue weighted by Gasteiger charge is 2.17. The van der Waals surface area contributed by atoms with E-state index in [1.54, 1.807) is 0 Å². The standard InChI is InChI=1S/C17H22N2/c1-3-19(16-10-5-4-6-11-16)17(13-18)15-9-7-8-14(2)12-15/h4-12,17H,3,13,18H2,1-2H3. The van der Waals surface area contributed by atoms with Gasteiger partial charge in [-0.25, -0.2) is 0 Å². The summed E-state index contributed by atoms with van der Waals surface area (Å²) in [5.74, 6) is 0. The van der Waals surface area contributed by atoms with Gasteiger partial charge in [-0.1, -0.05) is 48.0 Å². The molecule has 0 aromatic heterocycles. The average molecular weight is 254 g/mol. The quantitative estimate of drug-likeness (QED) is 0.884. The molecule has 0 aliphatic heterocycles. The molecule has 0 aliphatic rings. The molecule has 1 atom stereocenters. The van der Waals surface area contributed by atoms with E-state index in [0.717, 1.165) is 6.54 Å². The van der Waals surface area contributed by atoms with Crippen molar-refractivity contribution in [2.24, 2.45) is 5.73 Å². The Labute approximate surface area is 115 Å². The first-order valence-electron chi connectivity index (χ1n) is 6.84. The third kappa shape index (κ3) is 3.15. The average Bonchev–Trinajstić information content (AvgIpc) is 2.45. The normalized spacial score (nSPS) is 12.2. The fourth-order valence-electron chi connectivity index (χ4n) is 2.52. The third-order valence-corrected chi connectivity index (χ3v) is 3.45. The predicted molar refractivity (Wildman–Crippen MR) is 82.4 cm³/mol. The number of nitrogens with two attached hydrogens (primary N) is 1. The van der Waals surface area contributed by atoms with Crippen LogP contribution in [0, 0.1) is 6.92 Å². The maximum absolute atomic E-state index is 6.03. The Balaban J connectivity index is 2.34. The van der Waals surface area contributed by atoms with Gasteiger partial charge in [0.25, 0.3) is 0 Å². The molecule has 0 saturated carbocycles. The van der Waals surface area contributed by atoms with Crippen LogP contribution in [0.15, 0.2) is 54.6 Å². The van der Waals surface area contributed by atoms with E-state index >= 15 is 0 Å².